The van der Waals surface area contributed by atoms with Crippen LogP contribution in [0.2, 0.25) is 0 Å². The van der Waals surface area contributed by atoms with Gasteiger partial charge in [-0.1, -0.05) is 45.0 Å². The molecule has 2 rings (SSSR count). The van der Waals surface area contributed by atoms with Gasteiger partial charge in [0.05, 0.1) is 0 Å². The molecule has 0 aliphatic heterocycles. The quantitative estimate of drug-likeness (QED) is 0.901. The van der Waals surface area contributed by atoms with E-state index in [2.05, 4.69) is 20.8 Å². The summed E-state index contributed by atoms with van der Waals surface area (Å²) in [4.78, 5) is 0. The highest BCUT2D eigenvalue weighted by Gasteiger charge is 2.14. The molecule has 106 valence electrons. The average molecular weight is 273 g/mol. The molecule has 0 fully saturated rings. The van der Waals surface area contributed by atoms with Crippen LogP contribution < -0.4 is 10.5 Å². The van der Waals surface area contributed by atoms with Gasteiger partial charge in [-0.2, -0.15) is 0 Å². The van der Waals surface area contributed by atoms with E-state index < -0.39 is 5.82 Å². The van der Waals surface area contributed by atoms with Gasteiger partial charge in [-0.05, 0) is 29.2 Å². The van der Waals surface area contributed by atoms with Crippen LogP contribution in [0.1, 0.15) is 31.9 Å². The summed E-state index contributed by atoms with van der Waals surface area (Å²) in [5.41, 5.74) is 7.55. The minimum atomic E-state index is -0.396. The highest BCUT2D eigenvalue weighted by molar-refractivity contribution is 5.40. The highest BCUT2D eigenvalue weighted by Crippen LogP contribution is 2.30. The molecule has 0 atom stereocenters. The lowest BCUT2D eigenvalue weighted by Crippen LogP contribution is -2.10. The molecule has 20 heavy (non-hydrogen) atoms. The van der Waals surface area contributed by atoms with Crippen molar-refractivity contribution in [3.63, 3.8) is 0 Å². The Morgan fingerprint density at radius 3 is 2.25 bits per heavy atom. The topological polar surface area (TPSA) is 35.2 Å². The number of nitrogens with two attached hydrogens (primary N) is 1. The number of halogens is 1. The molecule has 0 saturated heterocycles. The van der Waals surface area contributed by atoms with Crippen LogP contribution in [0, 0.1) is 5.82 Å². The molecule has 0 aromatic heterocycles. The molecule has 2 N–H and O–H groups in total. The van der Waals surface area contributed by atoms with Crippen molar-refractivity contribution in [1.82, 2.24) is 0 Å². The summed E-state index contributed by atoms with van der Waals surface area (Å²) in [7, 11) is 0. The summed E-state index contributed by atoms with van der Waals surface area (Å²) in [6, 6.07) is 12.5. The Morgan fingerprint density at radius 1 is 1.05 bits per heavy atom. The number of benzene rings is 2. The van der Waals surface area contributed by atoms with E-state index in [9.17, 15) is 4.39 Å². The summed E-state index contributed by atoms with van der Waals surface area (Å²) >= 11 is 0. The van der Waals surface area contributed by atoms with Crippen LogP contribution in [-0.2, 0) is 12.0 Å². The van der Waals surface area contributed by atoms with E-state index in [-0.39, 0.29) is 17.7 Å². The van der Waals surface area contributed by atoms with Gasteiger partial charge in [-0.3, -0.25) is 0 Å². The second-order valence-corrected chi connectivity index (χ2v) is 5.81. The van der Waals surface area contributed by atoms with E-state index in [0.717, 1.165) is 0 Å². The third-order valence-electron chi connectivity index (χ3n) is 3.21. The molecule has 0 aliphatic rings. The molecule has 3 heteroatoms. The van der Waals surface area contributed by atoms with Gasteiger partial charge < -0.3 is 10.5 Å². The third kappa shape index (κ3) is 3.17. The molecule has 0 saturated carbocycles. The molecular formula is C17H20FNO. The fourth-order valence-electron chi connectivity index (χ4n) is 1.97. The van der Waals surface area contributed by atoms with E-state index in [1.54, 1.807) is 12.1 Å². The first-order valence-corrected chi connectivity index (χ1v) is 6.67. The van der Waals surface area contributed by atoms with Crippen LogP contribution in [0.25, 0.3) is 0 Å². The van der Waals surface area contributed by atoms with Gasteiger partial charge >= 0.3 is 0 Å². The Balaban J connectivity index is 2.27. The zero-order chi connectivity index (χ0) is 14.8. The van der Waals surface area contributed by atoms with Crippen molar-refractivity contribution >= 4 is 0 Å². The van der Waals surface area contributed by atoms with E-state index in [1.807, 2.05) is 24.3 Å². The second-order valence-electron chi connectivity index (χ2n) is 5.81. The number of para-hydroxylation sites is 1. The Morgan fingerprint density at radius 2 is 1.70 bits per heavy atom. The van der Waals surface area contributed by atoms with Crippen LogP contribution in [-0.4, -0.2) is 0 Å². The van der Waals surface area contributed by atoms with Crippen molar-refractivity contribution in [2.45, 2.75) is 32.7 Å². The average Bonchev–Trinajstić information content (AvgIpc) is 2.40. The predicted molar refractivity (Wildman–Crippen MR) is 79.5 cm³/mol. The monoisotopic (exact) mass is 273 g/mol. The fraction of sp³-hybridized carbons (Fsp3) is 0.294. The molecule has 0 spiro atoms. The van der Waals surface area contributed by atoms with Gasteiger partial charge in [-0.25, -0.2) is 4.39 Å². The van der Waals surface area contributed by atoms with Gasteiger partial charge in [0.15, 0.2) is 11.6 Å². The van der Waals surface area contributed by atoms with Crippen molar-refractivity contribution in [3.8, 4) is 11.5 Å². The third-order valence-corrected chi connectivity index (χ3v) is 3.21. The summed E-state index contributed by atoms with van der Waals surface area (Å²) < 4.78 is 19.5. The summed E-state index contributed by atoms with van der Waals surface area (Å²) in [6.07, 6.45) is 0. The molecule has 2 aromatic rings. The maximum atomic E-state index is 13.8. The van der Waals surface area contributed by atoms with Gasteiger partial charge in [0, 0.05) is 12.1 Å². The molecule has 0 radical (unpaired) electrons. The van der Waals surface area contributed by atoms with Gasteiger partial charge in [-0.15, -0.1) is 0 Å². The standard InChI is InChI=1S/C17H20FNO/c1-17(2,3)13-7-9-14(10-8-13)20-16-12(11-19)5-4-6-15(16)18/h4-10H,11,19H2,1-3H3. The van der Waals surface area contributed by atoms with Crippen LogP contribution in [0.15, 0.2) is 42.5 Å². The molecule has 0 amide bonds. The van der Waals surface area contributed by atoms with Crippen LogP contribution in [0.3, 0.4) is 0 Å². The normalized spacial score (nSPS) is 11.4. The molecule has 0 unspecified atom stereocenters. The zero-order valence-electron chi connectivity index (χ0n) is 12.1. The smallest absolute Gasteiger partial charge is 0.167 e. The van der Waals surface area contributed by atoms with E-state index in [4.69, 9.17) is 10.5 Å². The molecule has 0 bridgehead atoms. The van der Waals surface area contributed by atoms with E-state index in [1.165, 1.54) is 11.6 Å². The first-order valence-electron chi connectivity index (χ1n) is 6.67. The molecular weight excluding hydrogens is 253 g/mol. The number of hydrogen-bond donors (Lipinski definition) is 1. The van der Waals surface area contributed by atoms with Gasteiger partial charge in [0.2, 0.25) is 0 Å². The lowest BCUT2D eigenvalue weighted by Gasteiger charge is -2.19. The van der Waals surface area contributed by atoms with Crippen molar-refractivity contribution in [3.05, 3.63) is 59.4 Å². The molecule has 0 aliphatic carbocycles. The largest absolute Gasteiger partial charge is 0.454 e. The summed E-state index contributed by atoms with van der Waals surface area (Å²) in [5.74, 6) is 0.421. The molecule has 0 heterocycles. The molecule has 2 aromatic carbocycles. The molecule has 2 nitrogen and oxygen atoms in total. The summed E-state index contributed by atoms with van der Waals surface area (Å²) in [5, 5.41) is 0. The fourth-order valence-corrected chi connectivity index (χ4v) is 1.97. The van der Waals surface area contributed by atoms with E-state index >= 15 is 0 Å². The maximum Gasteiger partial charge on any atom is 0.167 e. The SMILES string of the molecule is CC(C)(C)c1ccc(Oc2c(F)cccc2CN)cc1. The van der Waals surface area contributed by atoms with Gasteiger partial charge in [0.1, 0.15) is 5.75 Å². The maximum absolute atomic E-state index is 13.8. The number of ether oxygens (including phenoxy) is 1. The first kappa shape index (κ1) is 14.5. The highest BCUT2D eigenvalue weighted by atomic mass is 19.1. The van der Waals surface area contributed by atoms with Gasteiger partial charge in [0.25, 0.3) is 0 Å². The van der Waals surface area contributed by atoms with Crippen LogP contribution in [0.5, 0.6) is 11.5 Å². The Labute approximate surface area is 119 Å². The lowest BCUT2D eigenvalue weighted by molar-refractivity contribution is 0.436. The first-order chi connectivity index (χ1) is 9.41. The number of rotatable bonds is 3. The predicted octanol–water partition coefficient (Wildman–Crippen LogP) is 4.37. The van der Waals surface area contributed by atoms with Crippen LogP contribution >= 0.6 is 0 Å². The Bertz CT molecular complexity index is 585. The van der Waals surface area contributed by atoms with Crippen molar-refractivity contribution in [1.29, 1.82) is 0 Å². The van der Waals surface area contributed by atoms with Crippen LogP contribution in [0.4, 0.5) is 4.39 Å². The zero-order valence-corrected chi connectivity index (χ0v) is 12.1. The minimum Gasteiger partial charge on any atom is -0.454 e. The lowest BCUT2D eigenvalue weighted by atomic mass is 9.87. The summed E-state index contributed by atoms with van der Waals surface area (Å²) in [6.45, 7) is 6.68. The van der Waals surface area contributed by atoms with Crippen molar-refractivity contribution in [2.24, 2.45) is 5.73 Å². The van der Waals surface area contributed by atoms with Crippen molar-refractivity contribution < 1.29 is 9.13 Å². The Kier molecular flexibility index (Phi) is 4.09. The van der Waals surface area contributed by atoms with Crippen molar-refractivity contribution in [2.75, 3.05) is 0 Å². The minimum absolute atomic E-state index is 0.0823. The number of hydrogen-bond acceptors (Lipinski definition) is 2. The van der Waals surface area contributed by atoms with E-state index in [0.29, 0.717) is 11.3 Å². The Hall–Kier alpha value is -1.87. The second kappa shape index (κ2) is 5.63.